The maximum atomic E-state index is 5.39. The maximum absolute atomic E-state index is 5.39. The van der Waals surface area contributed by atoms with Gasteiger partial charge in [0.15, 0.2) is 0 Å². The lowest BCUT2D eigenvalue weighted by Gasteiger charge is -2.14. The SMILES string of the molecule is CC[C@@H](C)[C@@H]1C=CCO1. The molecule has 0 fully saturated rings. The van der Waals surface area contributed by atoms with Crippen LogP contribution in [0.4, 0.5) is 0 Å². The van der Waals surface area contributed by atoms with Crippen molar-refractivity contribution in [3.8, 4) is 0 Å². The molecular weight excluding hydrogens is 112 g/mol. The zero-order valence-electron chi connectivity index (χ0n) is 6.13. The molecule has 0 saturated heterocycles. The summed E-state index contributed by atoms with van der Waals surface area (Å²) in [7, 11) is 0. The third-order valence-electron chi connectivity index (χ3n) is 1.92. The van der Waals surface area contributed by atoms with Crippen molar-refractivity contribution in [2.45, 2.75) is 26.4 Å². The van der Waals surface area contributed by atoms with Crippen molar-refractivity contribution in [3.63, 3.8) is 0 Å². The minimum absolute atomic E-state index is 0.398. The van der Waals surface area contributed by atoms with Crippen LogP contribution in [0.1, 0.15) is 20.3 Å². The van der Waals surface area contributed by atoms with Crippen molar-refractivity contribution in [1.82, 2.24) is 0 Å². The number of rotatable bonds is 2. The van der Waals surface area contributed by atoms with Crippen LogP contribution >= 0.6 is 0 Å². The first kappa shape index (κ1) is 6.81. The van der Waals surface area contributed by atoms with E-state index in [1.165, 1.54) is 6.42 Å². The Balaban J connectivity index is 2.33. The lowest BCUT2D eigenvalue weighted by molar-refractivity contribution is 0.0859. The van der Waals surface area contributed by atoms with Crippen LogP contribution < -0.4 is 0 Å². The molecule has 0 bridgehead atoms. The molecule has 1 rings (SSSR count). The average Bonchev–Trinajstić information content (AvgIpc) is 2.37. The van der Waals surface area contributed by atoms with E-state index in [4.69, 9.17) is 4.74 Å². The van der Waals surface area contributed by atoms with Gasteiger partial charge in [-0.2, -0.15) is 0 Å². The van der Waals surface area contributed by atoms with Crippen molar-refractivity contribution in [3.05, 3.63) is 12.2 Å². The largest absolute Gasteiger partial charge is 0.370 e. The monoisotopic (exact) mass is 126 g/mol. The highest BCUT2D eigenvalue weighted by Gasteiger charge is 2.15. The highest BCUT2D eigenvalue weighted by molar-refractivity contribution is 4.97. The molecule has 0 N–H and O–H groups in total. The molecule has 1 nitrogen and oxygen atoms in total. The topological polar surface area (TPSA) is 9.23 Å². The van der Waals surface area contributed by atoms with Crippen LogP contribution in [0.15, 0.2) is 12.2 Å². The zero-order chi connectivity index (χ0) is 6.69. The summed E-state index contributed by atoms with van der Waals surface area (Å²) in [5.41, 5.74) is 0. The van der Waals surface area contributed by atoms with Crippen LogP contribution in [-0.4, -0.2) is 12.7 Å². The molecule has 0 saturated carbocycles. The van der Waals surface area contributed by atoms with E-state index in [9.17, 15) is 0 Å². The lowest BCUT2D eigenvalue weighted by atomic mass is 10.0. The molecule has 52 valence electrons. The molecule has 0 aromatic rings. The molecule has 2 atom stereocenters. The molecule has 0 aromatic carbocycles. The van der Waals surface area contributed by atoms with E-state index in [1.54, 1.807) is 0 Å². The van der Waals surface area contributed by atoms with Gasteiger partial charge < -0.3 is 4.74 Å². The number of hydrogen-bond acceptors (Lipinski definition) is 1. The molecule has 0 unspecified atom stereocenters. The number of ether oxygens (including phenoxy) is 1. The Kier molecular flexibility index (Phi) is 2.29. The van der Waals surface area contributed by atoms with E-state index in [-0.39, 0.29) is 0 Å². The summed E-state index contributed by atoms with van der Waals surface area (Å²) < 4.78 is 5.39. The van der Waals surface area contributed by atoms with Gasteiger partial charge in [-0.3, -0.25) is 0 Å². The molecule has 0 aromatic heterocycles. The van der Waals surface area contributed by atoms with Crippen LogP contribution in [0.2, 0.25) is 0 Å². The van der Waals surface area contributed by atoms with Gasteiger partial charge in [0.25, 0.3) is 0 Å². The fourth-order valence-corrected chi connectivity index (χ4v) is 0.998. The first-order valence-electron chi connectivity index (χ1n) is 3.63. The molecule has 1 heterocycles. The highest BCUT2D eigenvalue weighted by Crippen LogP contribution is 2.16. The van der Waals surface area contributed by atoms with Crippen molar-refractivity contribution in [2.75, 3.05) is 6.61 Å². The van der Waals surface area contributed by atoms with Gasteiger partial charge in [0.1, 0.15) is 0 Å². The predicted molar refractivity (Wildman–Crippen MR) is 38.3 cm³/mol. The molecule has 0 amide bonds. The van der Waals surface area contributed by atoms with Crippen LogP contribution in [0.5, 0.6) is 0 Å². The molecule has 1 heteroatoms. The van der Waals surface area contributed by atoms with Gasteiger partial charge in [-0.05, 0) is 5.92 Å². The second kappa shape index (κ2) is 3.02. The minimum atomic E-state index is 0.398. The Bertz CT molecular complexity index is 107. The summed E-state index contributed by atoms with van der Waals surface area (Å²) in [5, 5.41) is 0. The van der Waals surface area contributed by atoms with Gasteiger partial charge in [-0.1, -0.05) is 32.4 Å². The van der Waals surface area contributed by atoms with Gasteiger partial charge in [0, 0.05) is 0 Å². The van der Waals surface area contributed by atoms with Crippen LogP contribution in [0.25, 0.3) is 0 Å². The molecule has 0 aliphatic carbocycles. The van der Waals surface area contributed by atoms with Gasteiger partial charge in [-0.25, -0.2) is 0 Å². The third-order valence-corrected chi connectivity index (χ3v) is 1.92. The molecular formula is C8H14O. The zero-order valence-corrected chi connectivity index (χ0v) is 6.13. The fraction of sp³-hybridized carbons (Fsp3) is 0.750. The Hall–Kier alpha value is -0.300. The van der Waals surface area contributed by atoms with Crippen LogP contribution in [0.3, 0.4) is 0 Å². The minimum Gasteiger partial charge on any atom is -0.370 e. The average molecular weight is 126 g/mol. The Labute approximate surface area is 56.7 Å². The van der Waals surface area contributed by atoms with E-state index in [2.05, 4.69) is 26.0 Å². The molecule has 9 heavy (non-hydrogen) atoms. The Morgan fingerprint density at radius 3 is 3.00 bits per heavy atom. The first-order valence-corrected chi connectivity index (χ1v) is 3.63. The first-order chi connectivity index (χ1) is 4.34. The summed E-state index contributed by atoms with van der Waals surface area (Å²) in [6.45, 7) is 5.23. The molecule has 0 spiro atoms. The van der Waals surface area contributed by atoms with E-state index >= 15 is 0 Å². The predicted octanol–water partition coefficient (Wildman–Crippen LogP) is 1.99. The highest BCUT2D eigenvalue weighted by atomic mass is 16.5. The van der Waals surface area contributed by atoms with Gasteiger partial charge in [0.2, 0.25) is 0 Å². The van der Waals surface area contributed by atoms with Crippen molar-refractivity contribution >= 4 is 0 Å². The molecule has 1 aliphatic heterocycles. The van der Waals surface area contributed by atoms with Crippen LogP contribution in [-0.2, 0) is 4.74 Å². The normalized spacial score (nSPS) is 28.9. The van der Waals surface area contributed by atoms with E-state index in [0.29, 0.717) is 12.0 Å². The van der Waals surface area contributed by atoms with Gasteiger partial charge in [0.05, 0.1) is 12.7 Å². The maximum Gasteiger partial charge on any atom is 0.0786 e. The Morgan fingerprint density at radius 1 is 1.78 bits per heavy atom. The van der Waals surface area contributed by atoms with Gasteiger partial charge in [-0.15, -0.1) is 0 Å². The lowest BCUT2D eigenvalue weighted by Crippen LogP contribution is -2.14. The smallest absolute Gasteiger partial charge is 0.0786 e. The summed E-state index contributed by atoms with van der Waals surface area (Å²) in [6.07, 6.45) is 5.86. The standard InChI is InChI=1S/C8H14O/c1-3-7(2)8-5-4-6-9-8/h4-5,7-8H,3,6H2,1-2H3/t7-,8+/m1/s1. The Morgan fingerprint density at radius 2 is 2.56 bits per heavy atom. The van der Waals surface area contributed by atoms with E-state index in [0.717, 1.165) is 6.61 Å². The summed E-state index contributed by atoms with van der Waals surface area (Å²) >= 11 is 0. The third kappa shape index (κ3) is 1.55. The van der Waals surface area contributed by atoms with Crippen molar-refractivity contribution < 1.29 is 4.74 Å². The molecule has 1 aliphatic rings. The van der Waals surface area contributed by atoms with Gasteiger partial charge >= 0.3 is 0 Å². The summed E-state index contributed by atoms with van der Waals surface area (Å²) in [4.78, 5) is 0. The summed E-state index contributed by atoms with van der Waals surface area (Å²) in [6, 6.07) is 0. The van der Waals surface area contributed by atoms with E-state index < -0.39 is 0 Å². The second-order valence-electron chi connectivity index (χ2n) is 2.61. The number of hydrogen-bond donors (Lipinski definition) is 0. The van der Waals surface area contributed by atoms with E-state index in [1.807, 2.05) is 0 Å². The van der Waals surface area contributed by atoms with Crippen molar-refractivity contribution in [1.29, 1.82) is 0 Å². The second-order valence-corrected chi connectivity index (χ2v) is 2.61. The van der Waals surface area contributed by atoms with Crippen LogP contribution in [0, 0.1) is 5.92 Å². The van der Waals surface area contributed by atoms with Crippen molar-refractivity contribution in [2.24, 2.45) is 5.92 Å². The molecule has 0 radical (unpaired) electrons. The fourth-order valence-electron chi connectivity index (χ4n) is 0.998. The quantitative estimate of drug-likeness (QED) is 0.514. The summed E-state index contributed by atoms with van der Waals surface area (Å²) in [5.74, 6) is 0.684.